The van der Waals surface area contributed by atoms with Crippen molar-refractivity contribution in [3.05, 3.63) is 29.2 Å². The van der Waals surface area contributed by atoms with Crippen LogP contribution >= 0.6 is 0 Å². The van der Waals surface area contributed by atoms with E-state index in [-0.39, 0.29) is 6.10 Å². The number of nitrogens with zero attached hydrogens (tertiary/aromatic N) is 5. The molecule has 2 saturated heterocycles. The fourth-order valence-electron chi connectivity index (χ4n) is 4.03. The monoisotopic (exact) mass is 390 g/mol. The average Bonchev–Trinajstić information content (AvgIpc) is 3.38. The van der Waals surface area contributed by atoms with Crippen LogP contribution in [0.2, 0.25) is 0 Å². The van der Waals surface area contributed by atoms with E-state index in [9.17, 15) is 0 Å². The number of ether oxygens (including phenoxy) is 2. The van der Waals surface area contributed by atoms with E-state index in [1.54, 1.807) is 7.11 Å². The summed E-state index contributed by atoms with van der Waals surface area (Å²) >= 11 is 0. The van der Waals surface area contributed by atoms with Gasteiger partial charge in [0.15, 0.2) is 5.82 Å². The van der Waals surface area contributed by atoms with Crippen LogP contribution in [0.1, 0.15) is 54.8 Å². The van der Waals surface area contributed by atoms with E-state index in [0.717, 1.165) is 52.4 Å². The zero-order valence-electron chi connectivity index (χ0n) is 16.8. The Bertz CT molecular complexity index is 742. The molecule has 9 nitrogen and oxygen atoms in total. The molecular weight excluding hydrogens is 360 g/mol. The summed E-state index contributed by atoms with van der Waals surface area (Å²) in [7, 11) is 1.65. The van der Waals surface area contributed by atoms with Crippen molar-refractivity contribution in [3.8, 4) is 0 Å². The molecule has 0 aliphatic carbocycles. The van der Waals surface area contributed by atoms with Gasteiger partial charge in [0.25, 0.3) is 0 Å². The largest absolute Gasteiger partial charge is 0.379 e. The molecule has 1 N–H and O–H groups in total. The van der Waals surface area contributed by atoms with Gasteiger partial charge in [-0.25, -0.2) is 0 Å². The van der Waals surface area contributed by atoms with E-state index < -0.39 is 0 Å². The molecule has 2 aromatic heterocycles. The Labute approximate surface area is 165 Å². The zero-order valence-corrected chi connectivity index (χ0v) is 16.8. The topological polar surface area (TPSA) is 92.5 Å². The smallest absolute Gasteiger partial charge is 0.240 e. The number of methoxy groups -OCH3 is 1. The van der Waals surface area contributed by atoms with Crippen molar-refractivity contribution < 1.29 is 14.0 Å². The SMILES string of the molecule is CO[C@H](C)c1noc(CN2CCC[C@@H](c3[nH]ncc3CN3CCOCC3)C2)n1. The molecule has 0 bridgehead atoms. The minimum absolute atomic E-state index is 0.153. The van der Waals surface area contributed by atoms with Crippen molar-refractivity contribution in [3.63, 3.8) is 0 Å². The molecule has 4 rings (SSSR count). The van der Waals surface area contributed by atoms with Crippen molar-refractivity contribution in [2.75, 3.05) is 46.5 Å². The highest BCUT2D eigenvalue weighted by atomic mass is 16.5. The maximum absolute atomic E-state index is 5.46. The minimum atomic E-state index is -0.153. The molecule has 28 heavy (non-hydrogen) atoms. The number of aromatic nitrogens is 4. The van der Waals surface area contributed by atoms with Gasteiger partial charge in [-0.1, -0.05) is 5.16 Å². The number of hydrogen-bond acceptors (Lipinski definition) is 8. The summed E-state index contributed by atoms with van der Waals surface area (Å²) in [6.07, 6.45) is 4.15. The number of rotatable bonds is 7. The first-order chi connectivity index (χ1) is 13.7. The summed E-state index contributed by atoms with van der Waals surface area (Å²) in [5, 5.41) is 11.7. The second kappa shape index (κ2) is 9.13. The maximum Gasteiger partial charge on any atom is 0.240 e. The van der Waals surface area contributed by atoms with Crippen molar-refractivity contribution >= 4 is 0 Å². The predicted octanol–water partition coefficient (Wildman–Crippen LogP) is 1.71. The molecule has 2 aliphatic heterocycles. The first-order valence-corrected chi connectivity index (χ1v) is 10.1. The lowest BCUT2D eigenvalue weighted by Crippen LogP contribution is -2.37. The Hall–Kier alpha value is -1.81. The summed E-state index contributed by atoms with van der Waals surface area (Å²) in [4.78, 5) is 9.31. The van der Waals surface area contributed by atoms with Crippen molar-refractivity contribution in [1.29, 1.82) is 0 Å². The Morgan fingerprint density at radius 3 is 2.93 bits per heavy atom. The fourth-order valence-corrected chi connectivity index (χ4v) is 4.03. The van der Waals surface area contributed by atoms with Gasteiger partial charge < -0.3 is 14.0 Å². The van der Waals surface area contributed by atoms with Gasteiger partial charge in [0.1, 0.15) is 6.10 Å². The van der Waals surface area contributed by atoms with Gasteiger partial charge in [-0.3, -0.25) is 14.9 Å². The molecule has 2 fully saturated rings. The van der Waals surface area contributed by atoms with Gasteiger partial charge >= 0.3 is 0 Å². The summed E-state index contributed by atoms with van der Waals surface area (Å²) in [6.45, 7) is 9.15. The molecule has 2 atom stereocenters. The second-order valence-electron chi connectivity index (χ2n) is 7.70. The Balaban J connectivity index is 1.37. The third-order valence-corrected chi connectivity index (χ3v) is 5.72. The van der Waals surface area contributed by atoms with E-state index in [1.165, 1.54) is 17.7 Å². The molecule has 0 unspecified atom stereocenters. The number of nitrogens with one attached hydrogen (secondary N) is 1. The number of likely N-dealkylation sites (tertiary alicyclic amines) is 1. The first-order valence-electron chi connectivity index (χ1n) is 10.1. The fraction of sp³-hybridized carbons (Fsp3) is 0.737. The molecule has 0 aromatic carbocycles. The van der Waals surface area contributed by atoms with E-state index in [0.29, 0.717) is 24.2 Å². The van der Waals surface area contributed by atoms with Crippen LogP contribution in [-0.4, -0.2) is 76.6 Å². The number of H-pyrrole nitrogens is 1. The zero-order chi connectivity index (χ0) is 19.3. The number of morpholine rings is 1. The molecule has 0 spiro atoms. The predicted molar refractivity (Wildman–Crippen MR) is 102 cm³/mol. The van der Waals surface area contributed by atoms with Crippen LogP contribution in [0.4, 0.5) is 0 Å². The molecule has 154 valence electrons. The Kier molecular flexibility index (Phi) is 6.36. The maximum atomic E-state index is 5.46. The third kappa shape index (κ3) is 4.60. The van der Waals surface area contributed by atoms with Gasteiger partial charge in [-0.05, 0) is 26.3 Å². The highest BCUT2D eigenvalue weighted by molar-refractivity contribution is 5.21. The molecule has 2 aromatic rings. The van der Waals surface area contributed by atoms with Gasteiger partial charge in [0.05, 0.1) is 26.0 Å². The van der Waals surface area contributed by atoms with Crippen LogP contribution < -0.4 is 0 Å². The standard InChI is InChI=1S/C19H30N6O3/c1-14(26-2)19-21-17(28-23-19)13-25-5-3-4-15(11-25)18-16(10-20-22-18)12-24-6-8-27-9-7-24/h10,14-15H,3-9,11-13H2,1-2H3,(H,20,22)/t14-,15-/m1/s1. The summed E-state index contributed by atoms with van der Waals surface area (Å²) in [5.41, 5.74) is 2.58. The number of aromatic amines is 1. The molecule has 0 saturated carbocycles. The van der Waals surface area contributed by atoms with Gasteiger partial charge in [-0.2, -0.15) is 10.1 Å². The molecule has 9 heteroatoms. The van der Waals surface area contributed by atoms with Crippen LogP contribution in [0.3, 0.4) is 0 Å². The van der Waals surface area contributed by atoms with Crippen molar-refractivity contribution in [2.24, 2.45) is 0 Å². The highest BCUT2D eigenvalue weighted by Crippen LogP contribution is 2.29. The second-order valence-corrected chi connectivity index (χ2v) is 7.70. The average molecular weight is 390 g/mol. The lowest BCUT2D eigenvalue weighted by Gasteiger charge is -2.32. The highest BCUT2D eigenvalue weighted by Gasteiger charge is 2.27. The lowest BCUT2D eigenvalue weighted by molar-refractivity contribution is 0.0339. The number of hydrogen-bond donors (Lipinski definition) is 1. The molecule has 0 radical (unpaired) electrons. The van der Waals surface area contributed by atoms with Crippen LogP contribution in [-0.2, 0) is 22.6 Å². The van der Waals surface area contributed by atoms with Gasteiger partial charge in [0, 0.05) is 50.5 Å². The molecule has 4 heterocycles. The summed E-state index contributed by atoms with van der Waals surface area (Å²) in [5.74, 6) is 1.71. The molecular formula is C19H30N6O3. The Morgan fingerprint density at radius 2 is 2.11 bits per heavy atom. The summed E-state index contributed by atoms with van der Waals surface area (Å²) < 4.78 is 16.1. The first kappa shape index (κ1) is 19.5. The van der Waals surface area contributed by atoms with Gasteiger partial charge in [-0.15, -0.1) is 0 Å². The minimum Gasteiger partial charge on any atom is -0.379 e. The van der Waals surface area contributed by atoms with Crippen LogP contribution in [0.5, 0.6) is 0 Å². The van der Waals surface area contributed by atoms with Gasteiger partial charge in [0.2, 0.25) is 5.89 Å². The Morgan fingerprint density at radius 1 is 1.25 bits per heavy atom. The van der Waals surface area contributed by atoms with E-state index in [4.69, 9.17) is 14.0 Å². The molecule has 0 amide bonds. The van der Waals surface area contributed by atoms with E-state index >= 15 is 0 Å². The number of piperidine rings is 1. The third-order valence-electron chi connectivity index (χ3n) is 5.72. The van der Waals surface area contributed by atoms with Crippen LogP contribution in [0.25, 0.3) is 0 Å². The molecule has 2 aliphatic rings. The van der Waals surface area contributed by atoms with E-state index in [2.05, 4.69) is 30.1 Å². The van der Waals surface area contributed by atoms with Crippen LogP contribution in [0.15, 0.2) is 10.7 Å². The van der Waals surface area contributed by atoms with Crippen LogP contribution in [0, 0.1) is 0 Å². The van der Waals surface area contributed by atoms with Crippen molar-refractivity contribution in [2.45, 2.75) is 44.9 Å². The summed E-state index contributed by atoms with van der Waals surface area (Å²) in [6, 6.07) is 0. The normalized spacial score (nSPS) is 23.1. The quantitative estimate of drug-likeness (QED) is 0.764. The van der Waals surface area contributed by atoms with E-state index in [1.807, 2.05) is 13.1 Å². The van der Waals surface area contributed by atoms with Crippen molar-refractivity contribution in [1.82, 2.24) is 30.1 Å². The lowest BCUT2D eigenvalue weighted by atomic mass is 9.92.